The van der Waals surface area contributed by atoms with Gasteiger partial charge in [0.1, 0.15) is 12.4 Å². The fourth-order valence-electron chi connectivity index (χ4n) is 3.25. The summed E-state index contributed by atoms with van der Waals surface area (Å²) in [5.74, 6) is 0.808. The van der Waals surface area contributed by atoms with Crippen molar-refractivity contribution in [1.82, 2.24) is 10.2 Å². The van der Waals surface area contributed by atoms with E-state index in [2.05, 4.69) is 28.4 Å². The van der Waals surface area contributed by atoms with E-state index >= 15 is 0 Å². The molecule has 0 saturated carbocycles. The summed E-state index contributed by atoms with van der Waals surface area (Å²) in [6.45, 7) is 5.71. The van der Waals surface area contributed by atoms with Crippen LogP contribution in [-0.2, 0) is 0 Å². The van der Waals surface area contributed by atoms with Gasteiger partial charge in [-0.15, -0.1) is 0 Å². The Kier molecular flexibility index (Phi) is 4.90. The van der Waals surface area contributed by atoms with Crippen LogP contribution in [-0.4, -0.2) is 44.4 Å². The third kappa shape index (κ3) is 2.94. The molecule has 0 unspecified atom stereocenters. The second-order valence-electron chi connectivity index (χ2n) is 5.59. The van der Waals surface area contributed by atoms with Crippen molar-refractivity contribution >= 4 is 10.8 Å². The van der Waals surface area contributed by atoms with E-state index in [0.29, 0.717) is 6.61 Å². The van der Waals surface area contributed by atoms with Crippen molar-refractivity contribution < 1.29 is 9.13 Å². The maximum absolute atomic E-state index is 14.0. The molecule has 1 heterocycles. The van der Waals surface area contributed by atoms with E-state index in [4.69, 9.17) is 4.74 Å². The third-order valence-corrected chi connectivity index (χ3v) is 4.30. The highest BCUT2D eigenvalue weighted by Gasteiger charge is 2.26. The molecule has 1 saturated heterocycles. The number of fused-ring (bicyclic) bond motifs is 1. The van der Waals surface area contributed by atoms with Crippen LogP contribution in [0, 0.1) is 0 Å². The molecule has 2 aromatic carbocycles. The van der Waals surface area contributed by atoms with Crippen LogP contribution in [0.3, 0.4) is 0 Å². The van der Waals surface area contributed by atoms with E-state index in [-0.39, 0.29) is 6.04 Å². The number of hydrogen-bond acceptors (Lipinski definition) is 3. The van der Waals surface area contributed by atoms with Gasteiger partial charge in [0.05, 0.1) is 12.6 Å². The van der Waals surface area contributed by atoms with Crippen molar-refractivity contribution in [3.63, 3.8) is 0 Å². The van der Waals surface area contributed by atoms with Crippen LogP contribution in [0.5, 0.6) is 5.75 Å². The standard InChI is InChI=1S/C18H23FN2O/c1-2-22-17-8-7-14-5-3-4-6-15(14)18(17)16(13-19)21-11-9-20-10-12-21/h3-8,16,20H,2,9-13H2,1H3/t16-/m1/s1. The van der Waals surface area contributed by atoms with Crippen LogP contribution in [0.2, 0.25) is 0 Å². The Balaban J connectivity index is 2.09. The zero-order valence-electron chi connectivity index (χ0n) is 13.0. The molecular weight excluding hydrogens is 279 g/mol. The molecule has 2 aromatic rings. The highest BCUT2D eigenvalue weighted by molar-refractivity contribution is 5.88. The lowest BCUT2D eigenvalue weighted by atomic mass is 9.96. The summed E-state index contributed by atoms with van der Waals surface area (Å²) in [5.41, 5.74) is 0.990. The van der Waals surface area contributed by atoms with Gasteiger partial charge in [0.25, 0.3) is 0 Å². The topological polar surface area (TPSA) is 24.5 Å². The maximum Gasteiger partial charge on any atom is 0.124 e. The summed E-state index contributed by atoms with van der Waals surface area (Å²) in [6.07, 6.45) is 0. The molecule has 0 aliphatic carbocycles. The molecule has 0 amide bonds. The average Bonchev–Trinajstić information content (AvgIpc) is 2.58. The number of nitrogens with zero attached hydrogens (tertiary/aromatic N) is 1. The smallest absolute Gasteiger partial charge is 0.124 e. The maximum atomic E-state index is 14.0. The van der Waals surface area contributed by atoms with Crippen molar-refractivity contribution in [1.29, 1.82) is 0 Å². The molecule has 1 aliphatic heterocycles. The zero-order valence-corrected chi connectivity index (χ0v) is 13.0. The first-order valence-electron chi connectivity index (χ1n) is 8.00. The van der Waals surface area contributed by atoms with Crippen molar-refractivity contribution in [3.8, 4) is 5.75 Å². The van der Waals surface area contributed by atoms with Gasteiger partial charge in [0.15, 0.2) is 0 Å². The minimum absolute atomic E-state index is 0.241. The van der Waals surface area contributed by atoms with Gasteiger partial charge in [-0.2, -0.15) is 0 Å². The number of nitrogens with one attached hydrogen (secondary N) is 1. The van der Waals surface area contributed by atoms with Gasteiger partial charge < -0.3 is 10.1 Å². The summed E-state index contributed by atoms with van der Waals surface area (Å²) in [6, 6.07) is 12.0. The van der Waals surface area contributed by atoms with Gasteiger partial charge >= 0.3 is 0 Å². The molecule has 118 valence electrons. The number of ether oxygens (including phenoxy) is 1. The lowest BCUT2D eigenvalue weighted by molar-refractivity contribution is 0.145. The number of rotatable bonds is 5. The predicted octanol–water partition coefficient (Wildman–Crippen LogP) is 3.15. The Bertz CT molecular complexity index is 626. The highest BCUT2D eigenvalue weighted by Crippen LogP contribution is 2.36. The zero-order chi connectivity index (χ0) is 15.4. The average molecular weight is 302 g/mol. The number of hydrogen-bond donors (Lipinski definition) is 1. The Morgan fingerprint density at radius 1 is 1.18 bits per heavy atom. The highest BCUT2D eigenvalue weighted by atomic mass is 19.1. The summed E-state index contributed by atoms with van der Waals surface area (Å²) in [7, 11) is 0. The van der Waals surface area contributed by atoms with Crippen LogP contribution in [0.15, 0.2) is 36.4 Å². The van der Waals surface area contributed by atoms with E-state index in [9.17, 15) is 4.39 Å². The summed E-state index contributed by atoms with van der Waals surface area (Å²) in [5, 5.41) is 5.55. The summed E-state index contributed by atoms with van der Waals surface area (Å²) in [4.78, 5) is 2.22. The fraction of sp³-hybridized carbons (Fsp3) is 0.444. The van der Waals surface area contributed by atoms with Crippen molar-refractivity contribution in [2.45, 2.75) is 13.0 Å². The van der Waals surface area contributed by atoms with E-state index in [0.717, 1.165) is 48.3 Å². The molecule has 3 rings (SSSR count). The fourth-order valence-corrected chi connectivity index (χ4v) is 3.25. The minimum atomic E-state index is -0.395. The molecule has 0 aromatic heterocycles. The third-order valence-electron chi connectivity index (χ3n) is 4.30. The number of alkyl halides is 1. The quantitative estimate of drug-likeness (QED) is 0.918. The molecule has 0 bridgehead atoms. The monoisotopic (exact) mass is 302 g/mol. The van der Waals surface area contributed by atoms with Gasteiger partial charge in [-0.05, 0) is 23.8 Å². The first-order chi connectivity index (χ1) is 10.8. The molecule has 1 N–H and O–H groups in total. The van der Waals surface area contributed by atoms with Gasteiger partial charge in [0.2, 0.25) is 0 Å². The van der Waals surface area contributed by atoms with Crippen molar-refractivity contribution in [3.05, 3.63) is 42.0 Å². The van der Waals surface area contributed by atoms with Gasteiger partial charge in [0, 0.05) is 31.7 Å². The van der Waals surface area contributed by atoms with Crippen LogP contribution < -0.4 is 10.1 Å². The molecule has 3 nitrogen and oxygen atoms in total. The Morgan fingerprint density at radius 2 is 1.95 bits per heavy atom. The minimum Gasteiger partial charge on any atom is -0.494 e. The SMILES string of the molecule is CCOc1ccc2ccccc2c1[C@@H](CF)N1CCNCC1. The van der Waals surface area contributed by atoms with Crippen LogP contribution in [0.4, 0.5) is 4.39 Å². The molecule has 0 radical (unpaired) electrons. The molecule has 4 heteroatoms. The molecule has 0 spiro atoms. The summed E-state index contributed by atoms with van der Waals surface area (Å²) < 4.78 is 19.8. The molecular formula is C18H23FN2O. The lowest BCUT2D eigenvalue weighted by Crippen LogP contribution is -2.45. The molecule has 1 fully saturated rings. The van der Waals surface area contributed by atoms with E-state index in [1.807, 2.05) is 25.1 Å². The van der Waals surface area contributed by atoms with Crippen molar-refractivity contribution in [2.75, 3.05) is 39.5 Å². The normalized spacial score (nSPS) is 17.5. The number of benzene rings is 2. The molecule has 1 atom stereocenters. The van der Waals surface area contributed by atoms with Crippen LogP contribution in [0.25, 0.3) is 10.8 Å². The van der Waals surface area contributed by atoms with Gasteiger partial charge in [-0.25, -0.2) is 4.39 Å². The van der Waals surface area contributed by atoms with Gasteiger partial charge in [-0.3, -0.25) is 4.90 Å². The van der Waals surface area contributed by atoms with E-state index in [1.54, 1.807) is 0 Å². The number of halogens is 1. The Morgan fingerprint density at radius 3 is 2.68 bits per heavy atom. The largest absolute Gasteiger partial charge is 0.494 e. The predicted molar refractivity (Wildman–Crippen MR) is 88.3 cm³/mol. The van der Waals surface area contributed by atoms with Crippen LogP contribution >= 0.6 is 0 Å². The van der Waals surface area contributed by atoms with Gasteiger partial charge in [-0.1, -0.05) is 30.3 Å². The van der Waals surface area contributed by atoms with E-state index in [1.165, 1.54) is 0 Å². The first-order valence-corrected chi connectivity index (χ1v) is 8.00. The Hall–Kier alpha value is -1.65. The van der Waals surface area contributed by atoms with E-state index < -0.39 is 6.67 Å². The second-order valence-corrected chi connectivity index (χ2v) is 5.59. The van der Waals surface area contributed by atoms with Crippen LogP contribution in [0.1, 0.15) is 18.5 Å². The second kappa shape index (κ2) is 7.07. The van der Waals surface area contributed by atoms with Crippen molar-refractivity contribution in [2.24, 2.45) is 0 Å². The summed E-state index contributed by atoms with van der Waals surface area (Å²) >= 11 is 0. The molecule has 22 heavy (non-hydrogen) atoms. The lowest BCUT2D eigenvalue weighted by Gasteiger charge is -2.35. The molecule has 1 aliphatic rings. The first kappa shape index (κ1) is 15.3. The number of piperazine rings is 1. The Labute approximate surface area is 131 Å².